The Morgan fingerprint density at radius 2 is 1.74 bits per heavy atom. The highest BCUT2D eigenvalue weighted by Crippen LogP contribution is 2.36. The molecule has 0 atom stereocenters. The monoisotopic (exact) mass is 435 g/mol. The van der Waals surface area contributed by atoms with E-state index in [-0.39, 0.29) is 17.3 Å². The van der Waals surface area contributed by atoms with Gasteiger partial charge < -0.3 is 5.11 Å². The minimum atomic E-state index is -3.53. The van der Waals surface area contributed by atoms with Crippen LogP contribution < -0.4 is 0 Å². The van der Waals surface area contributed by atoms with E-state index in [1.54, 1.807) is 6.07 Å². The maximum atomic E-state index is 12.6. The van der Waals surface area contributed by atoms with Gasteiger partial charge in [0.15, 0.2) is 0 Å². The predicted octanol–water partition coefficient (Wildman–Crippen LogP) is 3.84. The molecule has 2 aromatic rings. The number of thiophene rings is 1. The van der Waals surface area contributed by atoms with E-state index in [0.29, 0.717) is 17.2 Å². The van der Waals surface area contributed by atoms with Crippen LogP contribution in [-0.4, -0.2) is 30.9 Å². The van der Waals surface area contributed by atoms with E-state index in [1.807, 2.05) is 24.3 Å². The molecule has 8 heteroatoms. The Kier molecular flexibility index (Phi) is 4.88. The van der Waals surface area contributed by atoms with E-state index in [1.165, 1.54) is 10.4 Å². The summed E-state index contributed by atoms with van der Waals surface area (Å²) in [5.41, 5.74) is -0.170. The minimum absolute atomic E-state index is 0.247. The third kappa shape index (κ3) is 3.50. The van der Waals surface area contributed by atoms with Crippen LogP contribution in [0.3, 0.4) is 0 Å². The van der Waals surface area contributed by atoms with Gasteiger partial charge in [-0.1, -0.05) is 39.7 Å². The van der Waals surface area contributed by atoms with E-state index in [2.05, 4.69) is 15.9 Å². The maximum Gasteiger partial charge on any atom is 0.252 e. The summed E-state index contributed by atoms with van der Waals surface area (Å²) in [7, 11) is -3.53. The molecular weight excluding hydrogens is 422 g/mol. The molecule has 0 spiro atoms. The molecule has 1 fully saturated rings. The lowest BCUT2D eigenvalue weighted by molar-refractivity contribution is -0.00959. The zero-order valence-corrected chi connectivity index (χ0v) is 16.1. The van der Waals surface area contributed by atoms with Crippen molar-refractivity contribution in [3.05, 3.63) is 50.8 Å². The Hall–Kier alpha value is -0.440. The Bertz CT molecular complexity index is 796. The highest BCUT2D eigenvalue weighted by Gasteiger charge is 2.38. The third-order valence-electron chi connectivity index (χ3n) is 4.07. The van der Waals surface area contributed by atoms with E-state index >= 15 is 0 Å². The fourth-order valence-corrected chi connectivity index (χ4v) is 6.05. The lowest BCUT2D eigenvalue weighted by Crippen LogP contribution is -2.44. The highest BCUT2D eigenvalue weighted by molar-refractivity contribution is 9.10. The molecular formula is C15H15BrClNO3S2. The molecule has 1 aliphatic rings. The van der Waals surface area contributed by atoms with E-state index < -0.39 is 15.6 Å². The average Bonchev–Trinajstić information content (AvgIpc) is 2.96. The molecule has 0 unspecified atom stereocenters. The first-order valence-corrected chi connectivity index (χ1v) is 10.5. The number of benzene rings is 1. The average molecular weight is 437 g/mol. The first-order valence-electron chi connectivity index (χ1n) is 7.05. The second-order valence-corrected chi connectivity index (χ2v) is 10.3. The fraction of sp³-hybridized carbons (Fsp3) is 0.333. The molecule has 2 heterocycles. The zero-order chi connectivity index (χ0) is 16.7. The molecule has 1 aliphatic heterocycles. The van der Waals surface area contributed by atoms with Crippen LogP contribution in [0, 0.1) is 0 Å². The molecule has 0 amide bonds. The molecule has 0 radical (unpaired) electrons. The first kappa shape index (κ1) is 17.4. The van der Waals surface area contributed by atoms with Crippen molar-refractivity contribution in [2.24, 2.45) is 0 Å². The van der Waals surface area contributed by atoms with Gasteiger partial charge in [-0.3, -0.25) is 0 Å². The summed E-state index contributed by atoms with van der Waals surface area (Å²) in [5.74, 6) is 0. The van der Waals surface area contributed by atoms with Gasteiger partial charge >= 0.3 is 0 Å². The highest BCUT2D eigenvalue weighted by atomic mass is 79.9. The van der Waals surface area contributed by atoms with Crippen molar-refractivity contribution in [2.75, 3.05) is 13.1 Å². The van der Waals surface area contributed by atoms with Gasteiger partial charge in [0.2, 0.25) is 0 Å². The summed E-state index contributed by atoms with van der Waals surface area (Å²) in [6.45, 7) is 0.564. The van der Waals surface area contributed by atoms with Gasteiger partial charge in [0.1, 0.15) is 4.21 Å². The molecule has 23 heavy (non-hydrogen) atoms. The van der Waals surface area contributed by atoms with Crippen molar-refractivity contribution in [2.45, 2.75) is 22.7 Å². The molecule has 1 N–H and O–H groups in total. The van der Waals surface area contributed by atoms with Crippen LogP contribution in [0.5, 0.6) is 0 Å². The number of aliphatic hydroxyl groups is 1. The Labute approximate surface area is 152 Å². The lowest BCUT2D eigenvalue weighted by atomic mass is 9.85. The fourth-order valence-electron chi connectivity index (χ4n) is 2.71. The van der Waals surface area contributed by atoms with E-state index in [9.17, 15) is 13.5 Å². The number of sulfonamides is 1. The van der Waals surface area contributed by atoms with Gasteiger partial charge in [0, 0.05) is 17.6 Å². The number of halogens is 2. The minimum Gasteiger partial charge on any atom is -0.385 e. The van der Waals surface area contributed by atoms with E-state index in [4.69, 9.17) is 11.6 Å². The van der Waals surface area contributed by atoms with Crippen molar-refractivity contribution < 1.29 is 13.5 Å². The first-order chi connectivity index (χ1) is 10.8. The molecule has 4 nitrogen and oxygen atoms in total. The van der Waals surface area contributed by atoms with Crippen LogP contribution in [0.4, 0.5) is 0 Å². The van der Waals surface area contributed by atoms with Crippen LogP contribution >= 0.6 is 38.9 Å². The molecule has 1 aromatic carbocycles. The summed E-state index contributed by atoms with van der Waals surface area (Å²) >= 11 is 10.3. The number of rotatable bonds is 3. The number of nitrogens with zero attached hydrogens (tertiary/aromatic N) is 1. The summed E-state index contributed by atoms with van der Waals surface area (Å²) in [6.07, 6.45) is 0.736. The third-order valence-corrected chi connectivity index (χ3v) is 8.20. The molecule has 0 saturated carbocycles. The van der Waals surface area contributed by atoms with Gasteiger partial charge in [-0.15, -0.1) is 11.3 Å². The lowest BCUT2D eigenvalue weighted by Gasteiger charge is -2.37. The maximum absolute atomic E-state index is 12.6. The van der Waals surface area contributed by atoms with Gasteiger partial charge in [0.25, 0.3) is 10.0 Å². The van der Waals surface area contributed by atoms with Crippen molar-refractivity contribution in [3.8, 4) is 0 Å². The predicted molar refractivity (Wildman–Crippen MR) is 95.4 cm³/mol. The van der Waals surface area contributed by atoms with Gasteiger partial charge in [-0.2, -0.15) is 4.31 Å². The van der Waals surface area contributed by atoms with Crippen molar-refractivity contribution in [1.82, 2.24) is 4.31 Å². The van der Waals surface area contributed by atoms with Crippen LogP contribution in [0.2, 0.25) is 4.34 Å². The Morgan fingerprint density at radius 1 is 1.13 bits per heavy atom. The number of hydrogen-bond donors (Lipinski definition) is 1. The van der Waals surface area contributed by atoms with Crippen molar-refractivity contribution in [1.29, 1.82) is 0 Å². The second-order valence-electron chi connectivity index (χ2n) is 5.50. The van der Waals surface area contributed by atoms with Gasteiger partial charge in [-0.05, 0) is 42.7 Å². The molecule has 124 valence electrons. The van der Waals surface area contributed by atoms with Crippen LogP contribution in [0.15, 0.2) is 45.1 Å². The quantitative estimate of drug-likeness (QED) is 0.795. The molecule has 0 aliphatic carbocycles. The summed E-state index contributed by atoms with van der Waals surface area (Å²) < 4.78 is 28.2. The van der Waals surface area contributed by atoms with Gasteiger partial charge in [-0.25, -0.2) is 8.42 Å². The van der Waals surface area contributed by atoms with E-state index in [0.717, 1.165) is 21.4 Å². The van der Waals surface area contributed by atoms with Crippen molar-refractivity contribution in [3.63, 3.8) is 0 Å². The van der Waals surface area contributed by atoms with Crippen molar-refractivity contribution >= 4 is 48.9 Å². The molecule has 3 rings (SSSR count). The van der Waals surface area contributed by atoms with Crippen LogP contribution in [-0.2, 0) is 15.6 Å². The SMILES string of the molecule is O=S(=O)(c1ccc(Cl)s1)N1CCC(O)(c2ccc(Br)cc2)CC1. The molecule has 1 saturated heterocycles. The smallest absolute Gasteiger partial charge is 0.252 e. The topological polar surface area (TPSA) is 57.6 Å². The zero-order valence-electron chi connectivity index (χ0n) is 12.1. The summed E-state index contributed by atoms with van der Waals surface area (Å²) in [4.78, 5) is 0. The normalized spacial score (nSPS) is 18.9. The Balaban J connectivity index is 1.76. The second kappa shape index (κ2) is 6.46. The van der Waals surface area contributed by atoms with Crippen LogP contribution in [0.25, 0.3) is 0 Å². The largest absolute Gasteiger partial charge is 0.385 e. The van der Waals surface area contributed by atoms with Crippen LogP contribution in [0.1, 0.15) is 18.4 Å². The molecule has 1 aromatic heterocycles. The summed E-state index contributed by atoms with van der Waals surface area (Å²) in [5, 5.41) is 10.8. The number of hydrogen-bond acceptors (Lipinski definition) is 4. The van der Waals surface area contributed by atoms with Gasteiger partial charge in [0.05, 0.1) is 9.94 Å². The standard InChI is InChI=1S/C15H15BrClNO3S2/c16-12-3-1-11(2-4-12)15(19)7-9-18(10-8-15)23(20,21)14-6-5-13(17)22-14/h1-6,19H,7-10H2. The number of piperidine rings is 1. The Morgan fingerprint density at radius 3 is 2.26 bits per heavy atom. The summed E-state index contributed by atoms with van der Waals surface area (Å²) in [6, 6.07) is 10.6. The molecule has 0 bridgehead atoms.